The van der Waals surface area contributed by atoms with Gasteiger partial charge in [-0.1, -0.05) is 28.1 Å². The lowest BCUT2D eigenvalue weighted by Crippen LogP contribution is -2.22. The summed E-state index contributed by atoms with van der Waals surface area (Å²) in [6.07, 6.45) is 2.77. The van der Waals surface area contributed by atoms with Crippen LogP contribution in [0, 0.1) is 0 Å². The summed E-state index contributed by atoms with van der Waals surface area (Å²) in [6.45, 7) is 0. The van der Waals surface area contributed by atoms with E-state index in [1.807, 2.05) is 25.0 Å². The van der Waals surface area contributed by atoms with Crippen LogP contribution in [0.3, 0.4) is 0 Å². The van der Waals surface area contributed by atoms with Crippen molar-refractivity contribution < 1.29 is 0 Å². The van der Waals surface area contributed by atoms with Gasteiger partial charge < -0.3 is 5.32 Å². The summed E-state index contributed by atoms with van der Waals surface area (Å²) in [5.41, 5.74) is 2.46. The van der Waals surface area contributed by atoms with Crippen molar-refractivity contribution in [2.45, 2.75) is 12.5 Å². The van der Waals surface area contributed by atoms with Gasteiger partial charge in [0.2, 0.25) is 0 Å². The van der Waals surface area contributed by atoms with Gasteiger partial charge >= 0.3 is 0 Å². The van der Waals surface area contributed by atoms with Gasteiger partial charge in [-0.05, 0) is 47.1 Å². The maximum atomic E-state index is 4.26. The smallest absolute Gasteiger partial charge is 0.0695 e. The van der Waals surface area contributed by atoms with E-state index in [0.717, 1.165) is 15.4 Å². The lowest BCUT2D eigenvalue weighted by atomic mass is 10.0. The zero-order valence-electron chi connectivity index (χ0n) is 10.3. The van der Waals surface area contributed by atoms with Crippen molar-refractivity contribution in [1.29, 1.82) is 0 Å². The van der Waals surface area contributed by atoms with Gasteiger partial charge in [-0.25, -0.2) is 0 Å². The van der Waals surface area contributed by atoms with E-state index in [4.69, 9.17) is 0 Å². The molecule has 1 aromatic carbocycles. The van der Waals surface area contributed by atoms with E-state index in [0.29, 0.717) is 0 Å². The highest BCUT2D eigenvalue weighted by Crippen LogP contribution is 2.25. The lowest BCUT2D eigenvalue weighted by molar-refractivity contribution is 0.535. The highest BCUT2D eigenvalue weighted by molar-refractivity contribution is 9.10. The fourth-order valence-electron chi connectivity index (χ4n) is 2.00. The Morgan fingerprint density at radius 1 is 1.28 bits per heavy atom. The summed E-state index contributed by atoms with van der Waals surface area (Å²) in [6, 6.07) is 8.66. The molecule has 3 nitrogen and oxygen atoms in total. The van der Waals surface area contributed by atoms with Crippen LogP contribution in [0.25, 0.3) is 0 Å². The van der Waals surface area contributed by atoms with Crippen molar-refractivity contribution in [3.63, 3.8) is 0 Å². The van der Waals surface area contributed by atoms with Crippen molar-refractivity contribution in [2.24, 2.45) is 7.05 Å². The third kappa shape index (κ3) is 3.02. The summed E-state index contributed by atoms with van der Waals surface area (Å²) < 4.78 is 4.06. The predicted octanol–water partition coefficient (Wildman–Crippen LogP) is 3.45. The Morgan fingerprint density at radius 3 is 2.44 bits per heavy atom. The van der Waals surface area contributed by atoms with Crippen LogP contribution in [-0.2, 0) is 13.5 Å². The molecule has 2 rings (SSSR count). The van der Waals surface area contributed by atoms with E-state index in [1.165, 1.54) is 11.3 Å². The second-order valence-electron chi connectivity index (χ2n) is 4.17. The first kappa shape index (κ1) is 13.8. The third-order valence-electron chi connectivity index (χ3n) is 2.97. The summed E-state index contributed by atoms with van der Waals surface area (Å²) in [5.74, 6) is 0. The minimum atomic E-state index is 0.244. The van der Waals surface area contributed by atoms with E-state index >= 15 is 0 Å². The van der Waals surface area contributed by atoms with Gasteiger partial charge in [0.1, 0.15) is 0 Å². The second kappa shape index (κ2) is 5.99. The highest BCUT2D eigenvalue weighted by atomic mass is 79.9. The van der Waals surface area contributed by atoms with E-state index in [2.05, 4.69) is 66.5 Å². The van der Waals surface area contributed by atoms with Crippen molar-refractivity contribution in [3.8, 4) is 0 Å². The van der Waals surface area contributed by atoms with E-state index in [1.54, 1.807) is 0 Å². The molecule has 0 spiro atoms. The minimum Gasteiger partial charge on any atom is -0.311 e. The van der Waals surface area contributed by atoms with Crippen molar-refractivity contribution in [1.82, 2.24) is 15.1 Å². The molecule has 1 unspecified atom stereocenters. The van der Waals surface area contributed by atoms with Crippen LogP contribution in [0.5, 0.6) is 0 Å². The zero-order valence-corrected chi connectivity index (χ0v) is 13.5. The molecule has 5 heteroatoms. The van der Waals surface area contributed by atoms with Gasteiger partial charge in [0.05, 0.1) is 22.4 Å². The number of nitrogens with zero attached hydrogens (tertiary/aromatic N) is 2. The number of aromatic nitrogens is 2. The maximum absolute atomic E-state index is 4.26. The van der Waals surface area contributed by atoms with Gasteiger partial charge in [-0.3, -0.25) is 4.68 Å². The van der Waals surface area contributed by atoms with Gasteiger partial charge in [0.25, 0.3) is 0 Å². The SMILES string of the molecule is CNC(Cc1ccc(Br)cc1)c1c(Br)cnn1C. The van der Waals surface area contributed by atoms with Gasteiger partial charge in [-0.15, -0.1) is 0 Å². The number of nitrogens with one attached hydrogen (secondary N) is 1. The molecule has 0 bridgehead atoms. The quantitative estimate of drug-likeness (QED) is 0.890. The lowest BCUT2D eigenvalue weighted by Gasteiger charge is -2.17. The number of benzene rings is 1. The highest BCUT2D eigenvalue weighted by Gasteiger charge is 2.17. The third-order valence-corrected chi connectivity index (χ3v) is 4.11. The molecule has 1 N–H and O–H groups in total. The van der Waals surface area contributed by atoms with Crippen LogP contribution >= 0.6 is 31.9 Å². The molecule has 0 radical (unpaired) electrons. The molecule has 0 saturated heterocycles. The Labute approximate surface area is 124 Å². The van der Waals surface area contributed by atoms with E-state index in [-0.39, 0.29) is 6.04 Å². The average molecular weight is 373 g/mol. The van der Waals surface area contributed by atoms with Gasteiger partial charge in [-0.2, -0.15) is 5.10 Å². The molecular formula is C13H15Br2N3. The van der Waals surface area contributed by atoms with Crippen LogP contribution < -0.4 is 5.32 Å². The summed E-state index contributed by atoms with van der Waals surface area (Å²) in [4.78, 5) is 0. The minimum absolute atomic E-state index is 0.244. The van der Waals surface area contributed by atoms with Crippen molar-refractivity contribution in [3.05, 3.63) is 50.7 Å². The molecule has 0 aliphatic heterocycles. The first-order valence-electron chi connectivity index (χ1n) is 5.71. The Balaban J connectivity index is 2.22. The Morgan fingerprint density at radius 2 is 1.94 bits per heavy atom. The number of hydrogen-bond donors (Lipinski definition) is 1. The van der Waals surface area contributed by atoms with Crippen LogP contribution in [0.2, 0.25) is 0 Å². The molecule has 96 valence electrons. The Hall–Kier alpha value is -0.650. The molecular weight excluding hydrogens is 358 g/mol. The first-order valence-corrected chi connectivity index (χ1v) is 7.29. The van der Waals surface area contributed by atoms with Crippen molar-refractivity contribution in [2.75, 3.05) is 7.05 Å². The summed E-state index contributed by atoms with van der Waals surface area (Å²) >= 11 is 7.01. The van der Waals surface area contributed by atoms with Crippen LogP contribution in [0.1, 0.15) is 17.3 Å². The summed E-state index contributed by atoms with van der Waals surface area (Å²) in [7, 11) is 3.94. The molecule has 0 aliphatic carbocycles. The number of likely N-dealkylation sites (N-methyl/N-ethyl adjacent to an activating group) is 1. The number of rotatable bonds is 4. The largest absolute Gasteiger partial charge is 0.311 e. The Bertz CT molecular complexity index is 500. The molecule has 2 aromatic rings. The number of hydrogen-bond acceptors (Lipinski definition) is 2. The second-order valence-corrected chi connectivity index (χ2v) is 5.94. The summed E-state index contributed by atoms with van der Waals surface area (Å²) in [5, 5.41) is 7.61. The normalized spacial score (nSPS) is 12.7. The van der Waals surface area contributed by atoms with Crippen LogP contribution in [0.15, 0.2) is 39.4 Å². The van der Waals surface area contributed by atoms with E-state index in [9.17, 15) is 0 Å². The van der Waals surface area contributed by atoms with E-state index < -0.39 is 0 Å². The molecule has 1 heterocycles. The monoisotopic (exact) mass is 371 g/mol. The Kier molecular flexibility index (Phi) is 4.59. The zero-order chi connectivity index (χ0) is 13.1. The first-order chi connectivity index (χ1) is 8.61. The molecule has 1 atom stereocenters. The molecule has 0 aliphatic rings. The molecule has 1 aromatic heterocycles. The fraction of sp³-hybridized carbons (Fsp3) is 0.308. The van der Waals surface area contributed by atoms with Crippen molar-refractivity contribution >= 4 is 31.9 Å². The van der Waals surface area contributed by atoms with Gasteiger partial charge in [0.15, 0.2) is 0 Å². The molecule has 18 heavy (non-hydrogen) atoms. The molecule has 0 saturated carbocycles. The maximum Gasteiger partial charge on any atom is 0.0695 e. The topological polar surface area (TPSA) is 29.9 Å². The van der Waals surface area contributed by atoms with Crippen LogP contribution in [-0.4, -0.2) is 16.8 Å². The molecule has 0 amide bonds. The standard InChI is InChI=1S/C13H15Br2N3/c1-16-12(13-11(15)8-17-18(13)2)7-9-3-5-10(14)6-4-9/h3-6,8,12,16H,7H2,1-2H3. The van der Waals surface area contributed by atoms with Gasteiger partial charge in [0, 0.05) is 11.5 Å². The average Bonchev–Trinajstić information content (AvgIpc) is 2.69. The fourth-order valence-corrected chi connectivity index (χ4v) is 2.89. The molecule has 0 fully saturated rings. The number of aryl methyl sites for hydroxylation is 1. The number of halogens is 2. The van der Waals surface area contributed by atoms with Crippen LogP contribution in [0.4, 0.5) is 0 Å². The predicted molar refractivity (Wildman–Crippen MR) is 80.6 cm³/mol.